The molecule has 150 valence electrons. The molecule has 27 heavy (non-hydrogen) atoms. The first-order valence-electron chi connectivity index (χ1n) is 9.91. The van der Waals surface area contributed by atoms with Crippen molar-refractivity contribution in [1.29, 1.82) is 0 Å². The zero-order valence-corrected chi connectivity index (χ0v) is 22.1. The fourth-order valence-electron chi connectivity index (χ4n) is 5.87. The van der Waals surface area contributed by atoms with Gasteiger partial charge in [0.1, 0.15) is 5.60 Å². The first-order chi connectivity index (χ1) is 11.8. The first kappa shape index (κ1) is 23.8. The van der Waals surface area contributed by atoms with Crippen LogP contribution in [-0.4, -0.2) is 17.6 Å². The first-order valence-corrected chi connectivity index (χ1v) is 10.3. The second-order valence-electron chi connectivity index (χ2n) is 9.59. The molecule has 0 N–H and O–H groups in total. The molecule has 1 atom stereocenters. The molecule has 0 aromatic heterocycles. The van der Waals surface area contributed by atoms with Crippen molar-refractivity contribution < 1.29 is 45.1 Å². The Balaban J connectivity index is 0.00000261. The van der Waals surface area contributed by atoms with Crippen LogP contribution < -0.4 is 0 Å². The predicted molar refractivity (Wildman–Crippen MR) is 113 cm³/mol. The van der Waals surface area contributed by atoms with Crippen LogP contribution in [0.2, 0.25) is 0 Å². The van der Waals surface area contributed by atoms with Crippen LogP contribution in [0.5, 0.6) is 0 Å². The molecule has 1 fully saturated rings. The second kappa shape index (κ2) is 7.35. The van der Waals surface area contributed by atoms with Gasteiger partial charge in [0.15, 0.2) is 0 Å². The molecule has 0 aromatic carbocycles. The van der Waals surface area contributed by atoms with Crippen LogP contribution in [0.4, 0.5) is 0 Å². The van der Waals surface area contributed by atoms with E-state index >= 15 is 0 Å². The van der Waals surface area contributed by atoms with Crippen LogP contribution in [0, 0.1) is 51.2 Å². The molecule has 0 amide bonds. The van der Waals surface area contributed by atoms with Crippen molar-refractivity contribution in [3.63, 3.8) is 0 Å². The fourth-order valence-corrected chi connectivity index (χ4v) is 6.24. The number of allylic oxidation sites excluding steroid dienone is 6. The van der Waals surface area contributed by atoms with E-state index in [1.165, 1.54) is 44.6 Å². The van der Waals surface area contributed by atoms with E-state index in [2.05, 4.69) is 69.2 Å². The van der Waals surface area contributed by atoms with E-state index in [1.807, 2.05) is 0 Å². The van der Waals surface area contributed by atoms with E-state index in [0.29, 0.717) is 0 Å². The summed E-state index contributed by atoms with van der Waals surface area (Å²) in [6.07, 6.45) is 0.900. The van der Waals surface area contributed by atoms with Gasteiger partial charge in [0, 0.05) is 57.8 Å². The van der Waals surface area contributed by atoms with Gasteiger partial charge in [0.2, 0.25) is 0 Å². The number of alkyl halides is 1. The summed E-state index contributed by atoms with van der Waals surface area (Å²) in [6, 6.07) is 0. The molecule has 0 radical (unpaired) electrons. The van der Waals surface area contributed by atoms with Crippen molar-refractivity contribution in [2.75, 3.05) is 6.61 Å². The summed E-state index contributed by atoms with van der Waals surface area (Å²) in [5, 5.41) is -0.0339. The Kier molecular flexibility index (Phi) is 6.49. The number of ether oxygens (including phenoxy) is 1. The Morgan fingerprint density at radius 2 is 1.11 bits per heavy atom. The van der Waals surface area contributed by atoms with Gasteiger partial charge < -0.3 is 4.74 Å². The summed E-state index contributed by atoms with van der Waals surface area (Å²) < 4.78 is 6.73. The molecular formula is C24H35ClOSm. The largest absolute Gasteiger partial charge is 0.364 e. The van der Waals surface area contributed by atoms with Crippen LogP contribution in [-0.2, 0) is 4.74 Å². The van der Waals surface area contributed by atoms with Crippen molar-refractivity contribution in [3.05, 3.63) is 44.6 Å². The number of rotatable bonds is 2. The molecule has 1 heterocycles. The van der Waals surface area contributed by atoms with Crippen LogP contribution in [0.1, 0.15) is 75.7 Å². The van der Waals surface area contributed by atoms with Crippen molar-refractivity contribution in [3.8, 4) is 0 Å². The molecule has 3 aliphatic rings. The third kappa shape index (κ3) is 2.96. The Morgan fingerprint density at radius 3 is 1.33 bits per heavy atom. The normalized spacial score (nSPS) is 29.2. The predicted octanol–water partition coefficient (Wildman–Crippen LogP) is 7.14. The Morgan fingerprint density at radius 1 is 0.741 bits per heavy atom. The van der Waals surface area contributed by atoms with E-state index in [4.69, 9.17) is 16.3 Å². The van der Waals surface area contributed by atoms with Crippen molar-refractivity contribution in [1.82, 2.24) is 0 Å². The molecule has 1 unspecified atom stereocenters. The number of halogens is 1. The molecule has 2 aliphatic carbocycles. The summed E-state index contributed by atoms with van der Waals surface area (Å²) >= 11 is 7.14. The zero-order valence-electron chi connectivity index (χ0n) is 18.7. The van der Waals surface area contributed by atoms with Gasteiger partial charge in [-0.05, 0) is 81.4 Å². The minimum Gasteiger partial charge on any atom is -0.364 e. The quantitative estimate of drug-likeness (QED) is 0.349. The second-order valence-corrected chi connectivity index (χ2v) is 10.1. The van der Waals surface area contributed by atoms with Gasteiger partial charge in [-0.25, -0.2) is 0 Å². The molecule has 0 aromatic rings. The minimum atomic E-state index is -0.513. The number of hydrogen-bond acceptors (Lipinski definition) is 1. The summed E-state index contributed by atoms with van der Waals surface area (Å²) in [4.78, 5) is 0. The van der Waals surface area contributed by atoms with E-state index < -0.39 is 5.60 Å². The minimum absolute atomic E-state index is 0. The van der Waals surface area contributed by atoms with Crippen molar-refractivity contribution >= 4 is 11.6 Å². The summed E-state index contributed by atoms with van der Waals surface area (Å²) in [7, 11) is 0. The standard InChI is InChI=1S/C24H35ClO.Sm/c1-13-15(3)20(22(7,8)17(13)5)24(19(25)11-12-26-24)21-16(4)14(2)18(6)23(21,9)10;/h19H,11-12H2,1-10H3;. The maximum Gasteiger partial charge on any atom is 0.129 e. The van der Waals surface area contributed by atoms with Crippen LogP contribution in [0.3, 0.4) is 0 Å². The van der Waals surface area contributed by atoms with Gasteiger partial charge in [-0.2, -0.15) is 0 Å². The molecule has 3 heteroatoms. The smallest absolute Gasteiger partial charge is 0.129 e. The monoisotopic (exact) mass is 526 g/mol. The average molecular weight is 525 g/mol. The Hall–Kier alpha value is 0.548. The van der Waals surface area contributed by atoms with Gasteiger partial charge in [0.25, 0.3) is 0 Å². The Bertz CT molecular complexity index is 746. The molecule has 3 rings (SSSR count). The van der Waals surface area contributed by atoms with Crippen molar-refractivity contribution in [2.45, 2.75) is 86.6 Å². The van der Waals surface area contributed by atoms with Gasteiger partial charge in [-0.3, -0.25) is 0 Å². The molecule has 0 bridgehead atoms. The maximum absolute atomic E-state index is 7.14. The van der Waals surface area contributed by atoms with Gasteiger partial charge >= 0.3 is 0 Å². The topological polar surface area (TPSA) is 9.23 Å². The summed E-state index contributed by atoms with van der Waals surface area (Å²) in [5.41, 5.74) is 10.6. The summed E-state index contributed by atoms with van der Waals surface area (Å²) in [6.45, 7) is 23.7. The van der Waals surface area contributed by atoms with Crippen LogP contribution in [0.25, 0.3) is 0 Å². The average Bonchev–Trinajstić information content (AvgIpc) is 3.03. The fraction of sp³-hybridized carbons (Fsp3) is 0.667. The van der Waals surface area contributed by atoms with Gasteiger partial charge in [-0.1, -0.05) is 38.8 Å². The molecule has 1 nitrogen and oxygen atoms in total. The van der Waals surface area contributed by atoms with Crippen LogP contribution in [0.15, 0.2) is 44.6 Å². The molecule has 1 aliphatic heterocycles. The molecule has 0 spiro atoms. The van der Waals surface area contributed by atoms with Crippen LogP contribution >= 0.6 is 11.6 Å². The van der Waals surface area contributed by atoms with E-state index in [-0.39, 0.29) is 56.6 Å². The molecule has 0 saturated carbocycles. The third-order valence-corrected chi connectivity index (χ3v) is 8.54. The van der Waals surface area contributed by atoms with E-state index in [1.54, 1.807) is 0 Å². The summed E-state index contributed by atoms with van der Waals surface area (Å²) in [5.74, 6) is 0. The zero-order chi connectivity index (χ0) is 19.8. The third-order valence-electron chi connectivity index (χ3n) is 8.01. The molecule has 1 saturated heterocycles. The van der Waals surface area contributed by atoms with E-state index in [9.17, 15) is 0 Å². The van der Waals surface area contributed by atoms with Gasteiger partial charge in [-0.15, -0.1) is 11.6 Å². The number of hydrogen-bond donors (Lipinski definition) is 0. The maximum atomic E-state index is 7.14. The SMILES string of the molecule is CC1=C(C)C(C)(C)C(C2(C3=C(C)C(C)=C(C)C3(C)C)OCCC2Cl)=C1C.[Sm]. The van der Waals surface area contributed by atoms with Gasteiger partial charge in [0.05, 0.1) is 5.38 Å². The van der Waals surface area contributed by atoms with E-state index in [0.717, 1.165) is 13.0 Å². The van der Waals surface area contributed by atoms with Crippen molar-refractivity contribution in [2.24, 2.45) is 10.8 Å². The molecular weight excluding hydrogens is 490 g/mol. The Labute approximate surface area is 203 Å².